The van der Waals surface area contributed by atoms with E-state index in [2.05, 4.69) is 9.97 Å². The summed E-state index contributed by atoms with van der Waals surface area (Å²) < 4.78 is 59.5. The standard InChI is InChI=1S/C21H20F2N4O3S/c1-15-24-20(14-21(25-15)30-18-5-3-2-4-6-18)26-7-9-27(10-8-26)31(28,29)19-12-16(22)11-17(23)13-19/h2-6,11-14H,7-10H2,1H3. The number of sulfonamides is 1. The van der Waals surface area contributed by atoms with E-state index in [1.807, 2.05) is 35.2 Å². The van der Waals surface area contributed by atoms with Crippen LogP contribution in [0.15, 0.2) is 59.5 Å². The second-order valence-corrected chi connectivity index (χ2v) is 8.96. The Balaban J connectivity index is 1.48. The number of hydrogen-bond acceptors (Lipinski definition) is 6. The summed E-state index contributed by atoms with van der Waals surface area (Å²) in [5, 5.41) is 0. The van der Waals surface area contributed by atoms with Crippen LogP contribution in [0.25, 0.3) is 0 Å². The summed E-state index contributed by atoms with van der Waals surface area (Å²) in [7, 11) is -4.00. The highest BCUT2D eigenvalue weighted by atomic mass is 32.2. The third-order valence-corrected chi connectivity index (χ3v) is 6.68. The highest BCUT2D eigenvalue weighted by Gasteiger charge is 2.30. The van der Waals surface area contributed by atoms with Gasteiger partial charge in [-0.3, -0.25) is 0 Å². The van der Waals surface area contributed by atoms with Gasteiger partial charge in [-0.2, -0.15) is 9.29 Å². The Morgan fingerprint density at radius 1 is 0.903 bits per heavy atom. The van der Waals surface area contributed by atoms with Crippen LogP contribution in [-0.2, 0) is 10.0 Å². The Labute approximate surface area is 179 Å². The number of piperazine rings is 1. The van der Waals surface area contributed by atoms with Crippen LogP contribution in [0.1, 0.15) is 5.82 Å². The molecule has 162 valence electrons. The van der Waals surface area contributed by atoms with Crippen molar-refractivity contribution in [1.82, 2.24) is 14.3 Å². The van der Waals surface area contributed by atoms with Gasteiger partial charge in [-0.05, 0) is 31.2 Å². The van der Waals surface area contributed by atoms with Gasteiger partial charge in [0.05, 0.1) is 4.90 Å². The predicted octanol–water partition coefficient (Wildman–Crippen LogP) is 3.37. The maximum absolute atomic E-state index is 13.5. The number of nitrogens with zero attached hydrogens (tertiary/aromatic N) is 4. The predicted molar refractivity (Wildman–Crippen MR) is 111 cm³/mol. The van der Waals surface area contributed by atoms with E-state index in [-0.39, 0.29) is 13.1 Å². The van der Waals surface area contributed by atoms with E-state index in [1.165, 1.54) is 4.31 Å². The molecule has 2 aromatic carbocycles. The van der Waals surface area contributed by atoms with Crippen molar-refractivity contribution in [3.05, 3.63) is 72.1 Å². The summed E-state index contributed by atoms with van der Waals surface area (Å²) in [6.07, 6.45) is 0. The van der Waals surface area contributed by atoms with Crippen molar-refractivity contribution in [2.45, 2.75) is 11.8 Å². The van der Waals surface area contributed by atoms with Crippen LogP contribution in [-0.4, -0.2) is 48.9 Å². The summed E-state index contributed by atoms with van der Waals surface area (Å²) in [5.74, 6) is 0.309. The largest absolute Gasteiger partial charge is 0.439 e. The first kappa shape index (κ1) is 21.1. The number of halogens is 2. The molecule has 0 aliphatic carbocycles. The number of aromatic nitrogens is 2. The maximum atomic E-state index is 13.5. The molecule has 2 heterocycles. The monoisotopic (exact) mass is 446 g/mol. The van der Waals surface area contributed by atoms with Gasteiger partial charge in [-0.25, -0.2) is 22.2 Å². The van der Waals surface area contributed by atoms with Gasteiger partial charge in [-0.15, -0.1) is 0 Å². The van der Waals surface area contributed by atoms with E-state index in [9.17, 15) is 17.2 Å². The highest BCUT2D eigenvalue weighted by Crippen LogP contribution is 2.25. The zero-order valence-corrected chi connectivity index (χ0v) is 17.5. The van der Waals surface area contributed by atoms with Crippen molar-refractivity contribution >= 4 is 15.8 Å². The number of anilines is 1. The summed E-state index contributed by atoms with van der Waals surface area (Å²) in [5.41, 5.74) is 0. The fourth-order valence-corrected chi connectivity index (χ4v) is 4.80. The minimum absolute atomic E-state index is 0.151. The van der Waals surface area contributed by atoms with Crippen LogP contribution in [0.4, 0.5) is 14.6 Å². The Morgan fingerprint density at radius 3 is 2.19 bits per heavy atom. The van der Waals surface area contributed by atoms with Crippen molar-refractivity contribution in [3.63, 3.8) is 0 Å². The number of benzene rings is 2. The molecule has 0 radical (unpaired) electrons. The molecular formula is C21H20F2N4O3S. The van der Waals surface area contributed by atoms with Crippen molar-refractivity contribution in [1.29, 1.82) is 0 Å². The first-order chi connectivity index (χ1) is 14.8. The molecule has 0 unspecified atom stereocenters. The molecule has 1 aliphatic rings. The first-order valence-electron chi connectivity index (χ1n) is 9.61. The van der Waals surface area contributed by atoms with Crippen molar-refractivity contribution in [2.75, 3.05) is 31.1 Å². The SMILES string of the molecule is Cc1nc(Oc2ccccc2)cc(N2CCN(S(=O)(=O)c3cc(F)cc(F)c3)CC2)n1. The van der Waals surface area contributed by atoms with Gasteiger partial charge in [-0.1, -0.05) is 18.2 Å². The van der Waals surface area contributed by atoms with Gasteiger partial charge >= 0.3 is 0 Å². The Hall–Kier alpha value is -3.11. The molecule has 10 heteroatoms. The molecule has 0 amide bonds. The van der Waals surface area contributed by atoms with E-state index in [0.29, 0.717) is 42.4 Å². The zero-order valence-electron chi connectivity index (χ0n) is 16.7. The number of hydrogen-bond donors (Lipinski definition) is 0. The van der Waals surface area contributed by atoms with Crippen LogP contribution < -0.4 is 9.64 Å². The van der Waals surface area contributed by atoms with Gasteiger partial charge in [0.15, 0.2) is 0 Å². The fraction of sp³-hybridized carbons (Fsp3) is 0.238. The van der Waals surface area contributed by atoms with Crippen LogP contribution >= 0.6 is 0 Å². The third kappa shape index (κ3) is 4.80. The number of aryl methyl sites for hydroxylation is 1. The lowest BCUT2D eigenvalue weighted by molar-refractivity contribution is 0.382. The van der Waals surface area contributed by atoms with Crippen molar-refractivity contribution < 1.29 is 21.9 Å². The summed E-state index contributed by atoms with van der Waals surface area (Å²) in [6.45, 7) is 2.77. The number of para-hydroxylation sites is 1. The normalized spacial score (nSPS) is 15.1. The molecule has 1 saturated heterocycles. The zero-order chi connectivity index (χ0) is 22.0. The van der Waals surface area contributed by atoms with E-state index >= 15 is 0 Å². The Morgan fingerprint density at radius 2 is 1.55 bits per heavy atom. The van der Waals surface area contributed by atoms with Gasteiger partial charge in [0.25, 0.3) is 0 Å². The molecule has 0 N–H and O–H groups in total. The average molecular weight is 446 g/mol. The number of rotatable bonds is 5. The van der Waals surface area contributed by atoms with Crippen molar-refractivity contribution in [2.24, 2.45) is 0 Å². The van der Waals surface area contributed by atoms with Crippen LogP contribution in [0.5, 0.6) is 11.6 Å². The Bertz CT molecular complexity index is 1160. The lowest BCUT2D eigenvalue weighted by Gasteiger charge is -2.34. The van der Waals surface area contributed by atoms with E-state index < -0.39 is 26.6 Å². The Kier molecular flexibility index (Phi) is 5.84. The molecule has 0 spiro atoms. The minimum Gasteiger partial charge on any atom is -0.439 e. The molecule has 1 aromatic heterocycles. The van der Waals surface area contributed by atoms with Crippen molar-refractivity contribution in [3.8, 4) is 11.6 Å². The molecule has 0 saturated carbocycles. The van der Waals surface area contributed by atoms with Gasteiger partial charge in [0.2, 0.25) is 15.9 Å². The lowest BCUT2D eigenvalue weighted by atomic mass is 10.3. The quantitative estimate of drug-likeness (QED) is 0.598. The molecule has 31 heavy (non-hydrogen) atoms. The molecule has 3 aromatic rings. The topological polar surface area (TPSA) is 75.6 Å². The fourth-order valence-electron chi connectivity index (χ4n) is 3.33. The smallest absolute Gasteiger partial charge is 0.243 e. The van der Waals surface area contributed by atoms with Crippen LogP contribution in [0, 0.1) is 18.6 Å². The lowest BCUT2D eigenvalue weighted by Crippen LogP contribution is -2.49. The van der Waals surface area contributed by atoms with Gasteiger partial charge in [0, 0.05) is 38.3 Å². The minimum atomic E-state index is -4.00. The second kappa shape index (κ2) is 8.56. The first-order valence-corrected chi connectivity index (χ1v) is 11.0. The van der Waals surface area contributed by atoms with E-state index in [1.54, 1.807) is 13.0 Å². The third-order valence-electron chi connectivity index (χ3n) is 4.80. The molecule has 1 aliphatic heterocycles. The summed E-state index contributed by atoms with van der Waals surface area (Å²) in [6, 6.07) is 13.2. The average Bonchev–Trinajstić information content (AvgIpc) is 2.73. The van der Waals surface area contributed by atoms with Gasteiger partial charge < -0.3 is 9.64 Å². The molecule has 7 nitrogen and oxygen atoms in total. The van der Waals surface area contributed by atoms with Crippen LogP contribution in [0.3, 0.4) is 0 Å². The number of ether oxygens (including phenoxy) is 1. The second-order valence-electron chi connectivity index (χ2n) is 7.02. The molecule has 0 atom stereocenters. The molecular weight excluding hydrogens is 426 g/mol. The summed E-state index contributed by atoms with van der Waals surface area (Å²) in [4.78, 5) is 10.3. The van der Waals surface area contributed by atoms with Crippen LogP contribution in [0.2, 0.25) is 0 Å². The van der Waals surface area contributed by atoms with E-state index in [0.717, 1.165) is 12.1 Å². The molecule has 1 fully saturated rings. The van der Waals surface area contributed by atoms with E-state index in [4.69, 9.17) is 4.74 Å². The highest BCUT2D eigenvalue weighted by molar-refractivity contribution is 7.89. The maximum Gasteiger partial charge on any atom is 0.243 e. The van der Waals surface area contributed by atoms with Gasteiger partial charge in [0.1, 0.15) is 29.0 Å². The molecule has 4 rings (SSSR count). The molecule has 0 bridgehead atoms. The summed E-state index contributed by atoms with van der Waals surface area (Å²) >= 11 is 0.